The number of hydrogen-bond acceptors (Lipinski definition) is 3. The molecule has 5 nitrogen and oxygen atoms in total. The Labute approximate surface area is 93.7 Å². The fourth-order valence-electron chi connectivity index (χ4n) is 1.42. The molecule has 2 heterocycles. The average molecular weight is 218 g/mol. The number of hydrogen-bond donors (Lipinski definition) is 2. The minimum Gasteiger partial charge on any atom is -0.356 e. The molecule has 0 radical (unpaired) electrons. The summed E-state index contributed by atoms with van der Waals surface area (Å²) < 4.78 is 0. The summed E-state index contributed by atoms with van der Waals surface area (Å²) in [5, 5.41) is 2.89. The number of nitrogens with one attached hydrogen (secondary N) is 2. The summed E-state index contributed by atoms with van der Waals surface area (Å²) in [6.07, 6.45) is 4.83. The zero-order valence-corrected chi connectivity index (χ0v) is 9.53. The highest BCUT2D eigenvalue weighted by molar-refractivity contribution is 6.00. The van der Waals surface area contributed by atoms with Crippen LogP contribution in [0.5, 0.6) is 0 Å². The van der Waals surface area contributed by atoms with Crippen molar-refractivity contribution >= 4 is 5.91 Å². The highest BCUT2D eigenvalue weighted by atomic mass is 16.1. The molecule has 2 aliphatic heterocycles. The third kappa shape index (κ3) is 2.03. The number of H-pyrrole nitrogens is 1. The number of amides is 1. The van der Waals surface area contributed by atoms with E-state index in [0.717, 1.165) is 0 Å². The van der Waals surface area contributed by atoms with Gasteiger partial charge in [0.25, 0.3) is 5.91 Å². The van der Waals surface area contributed by atoms with Crippen molar-refractivity contribution in [1.82, 2.24) is 20.3 Å². The summed E-state index contributed by atoms with van der Waals surface area (Å²) in [4.78, 5) is 23.0. The lowest BCUT2D eigenvalue weighted by molar-refractivity contribution is 0.0920. The van der Waals surface area contributed by atoms with E-state index >= 15 is 0 Å². The molecular formula is C11H14N4O. The molecule has 2 aliphatic rings. The molecule has 1 amide bonds. The Morgan fingerprint density at radius 2 is 2.12 bits per heavy atom. The van der Waals surface area contributed by atoms with Gasteiger partial charge >= 0.3 is 0 Å². The van der Waals surface area contributed by atoms with Crippen LogP contribution in [0.3, 0.4) is 0 Å². The van der Waals surface area contributed by atoms with Crippen LogP contribution in [-0.4, -0.2) is 26.4 Å². The predicted octanol–water partition coefficient (Wildman–Crippen LogP) is 1.44. The maximum atomic E-state index is 11.9. The van der Waals surface area contributed by atoms with Gasteiger partial charge in [0.1, 0.15) is 0 Å². The average Bonchev–Trinajstić information content (AvgIpc) is 2.58. The zero-order chi connectivity index (χ0) is 11.8. The van der Waals surface area contributed by atoms with Gasteiger partial charge in [0, 0.05) is 24.1 Å². The number of aromatic nitrogens is 3. The first-order valence-corrected chi connectivity index (χ1v) is 5.08. The zero-order valence-electron chi connectivity index (χ0n) is 9.53. The second kappa shape index (κ2) is 3.59. The molecule has 16 heavy (non-hydrogen) atoms. The molecular weight excluding hydrogens is 204 g/mol. The molecule has 5 heteroatoms. The van der Waals surface area contributed by atoms with Crippen molar-refractivity contribution in [3.8, 4) is 11.5 Å². The van der Waals surface area contributed by atoms with Crippen molar-refractivity contribution in [2.45, 2.75) is 26.3 Å². The Hall–Kier alpha value is -1.91. The van der Waals surface area contributed by atoms with Crippen LogP contribution in [0.4, 0.5) is 0 Å². The molecule has 0 aliphatic carbocycles. The summed E-state index contributed by atoms with van der Waals surface area (Å²) in [5.74, 6) is 0.417. The van der Waals surface area contributed by atoms with E-state index in [1.165, 1.54) is 6.20 Å². The van der Waals surface area contributed by atoms with Gasteiger partial charge in [-0.05, 0) is 20.8 Å². The SMILES string of the molecule is CC(C)(C)NC(=O)c1cnc2ncc[nH]c1-2. The van der Waals surface area contributed by atoms with Crippen LogP contribution in [0.1, 0.15) is 31.1 Å². The summed E-state index contributed by atoms with van der Waals surface area (Å²) in [7, 11) is 0. The minimum atomic E-state index is -0.261. The van der Waals surface area contributed by atoms with E-state index in [1.54, 1.807) is 12.4 Å². The van der Waals surface area contributed by atoms with E-state index in [9.17, 15) is 4.79 Å². The maximum absolute atomic E-state index is 11.9. The lowest BCUT2D eigenvalue weighted by atomic mass is 10.1. The fourth-order valence-corrected chi connectivity index (χ4v) is 1.42. The van der Waals surface area contributed by atoms with Crippen LogP contribution in [0, 0.1) is 0 Å². The van der Waals surface area contributed by atoms with Crippen LogP contribution in [-0.2, 0) is 0 Å². The summed E-state index contributed by atoms with van der Waals surface area (Å²) >= 11 is 0. The quantitative estimate of drug-likeness (QED) is 0.760. The highest BCUT2D eigenvalue weighted by Crippen LogP contribution is 2.19. The first-order valence-electron chi connectivity index (χ1n) is 5.08. The highest BCUT2D eigenvalue weighted by Gasteiger charge is 2.21. The molecule has 0 saturated carbocycles. The molecule has 84 valence electrons. The summed E-state index contributed by atoms with van der Waals surface area (Å²) in [6, 6.07) is 0. The molecule has 0 atom stereocenters. The lowest BCUT2D eigenvalue weighted by Crippen LogP contribution is -2.40. The van der Waals surface area contributed by atoms with E-state index in [0.29, 0.717) is 17.1 Å². The van der Waals surface area contributed by atoms with E-state index in [1.807, 2.05) is 20.8 Å². The van der Waals surface area contributed by atoms with Crippen molar-refractivity contribution in [3.05, 3.63) is 24.2 Å². The van der Waals surface area contributed by atoms with Crippen LogP contribution in [0.25, 0.3) is 11.5 Å². The molecule has 0 aromatic heterocycles. The van der Waals surface area contributed by atoms with Crippen LogP contribution in [0.15, 0.2) is 18.6 Å². The normalized spacial score (nSPS) is 11.7. The summed E-state index contributed by atoms with van der Waals surface area (Å²) in [5.41, 5.74) is 0.936. The van der Waals surface area contributed by atoms with Crippen molar-refractivity contribution in [1.29, 1.82) is 0 Å². The second-order valence-corrected chi connectivity index (χ2v) is 4.66. The number of nitrogens with zero attached hydrogens (tertiary/aromatic N) is 2. The molecule has 0 aromatic rings. The van der Waals surface area contributed by atoms with Crippen LogP contribution < -0.4 is 5.32 Å². The standard InChI is InChI=1S/C11H14N4O/c1-11(2,3)15-10(16)7-6-14-9-8(7)12-4-5-13-9/h4-6,12H,1-3H3,(H,15,16). The Morgan fingerprint density at radius 1 is 1.38 bits per heavy atom. The largest absolute Gasteiger partial charge is 0.356 e. The topological polar surface area (TPSA) is 70.7 Å². The van der Waals surface area contributed by atoms with Gasteiger partial charge in [0.05, 0.1) is 11.3 Å². The molecule has 0 unspecified atom stereocenters. The van der Waals surface area contributed by atoms with Gasteiger partial charge in [-0.2, -0.15) is 0 Å². The number of aromatic amines is 1. The van der Waals surface area contributed by atoms with E-state index < -0.39 is 0 Å². The molecule has 2 rings (SSSR count). The molecule has 0 saturated heterocycles. The van der Waals surface area contributed by atoms with Gasteiger partial charge in [-0.25, -0.2) is 9.97 Å². The Bertz CT molecular complexity index is 483. The first-order chi connectivity index (χ1) is 7.47. The predicted molar refractivity (Wildman–Crippen MR) is 60.2 cm³/mol. The first kappa shape index (κ1) is 10.6. The van der Waals surface area contributed by atoms with Crippen molar-refractivity contribution < 1.29 is 4.79 Å². The smallest absolute Gasteiger partial charge is 0.255 e. The summed E-state index contributed by atoms with van der Waals surface area (Å²) in [6.45, 7) is 5.81. The third-order valence-corrected chi connectivity index (χ3v) is 2.04. The van der Waals surface area contributed by atoms with Crippen molar-refractivity contribution in [3.63, 3.8) is 0 Å². The lowest BCUT2D eigenvalue weighted by Gasteiger charge is -2.20. The van der Waals surface area contributed by atoms with Gasteiger partial charge in [0.2, 0.25) is 0 Å². The van der Waals surface area contributed by atoms with Crippen molar-refractivity contribution in [2.24, 2.45) is 0 Å². The monoisotopic (exact) mass is 218 g/mol. The number of rotatable bonds is 1. The van der Waals surface area contributed by atoms with Gasteiger partial charge < -0.3 is 10.3 Å². The van der Waals surface area contributed by atoms with Gasteiger partial charge in [-0.15, -0.1) is 0 Å². The Balaban J connectivity index is 2.32. The van der Waals surface area contributed by atoms with Crippen LogP contribution >= 0.6 is 0 Å². The van der Waals surface area contributed by atoms with E-state index in [-0.39, 0.29) is 11.4 Å². The number of carbonyl (C=O) groups excluding carboxylic acids is 1. The molecule has 0 bridgehead atoms. The van der Waals surface area contributed by atoms with Gasteiger partial charge in [-0.1, -0.05) is 0 Å². The van der Waals surface area contributed by atoms with E-state index in [4.69, 9.17) is 0 Å². The number of fused-ring (bicyclic) bond motifs is 1. The minimum absolute atomic E-state index is 0.140. The second-order valence-electron chi connectivity index (χ2n) is 4.66. The maximum Gasteiger partial charge on any atom is 0.255 e. The van der Waals surface area contributed by atoms with Crippen LogP contribution in [0.2, 0.25) is 0 Å². The van der Waals surface area contributed by atoms with Gasteiger partial charge in [-0.3, -0.25) is 4.79 Å². The molecule has 0 aromatic carbocycles. The molecule has 0 fully saturated rings. The number of carbonyl (C=O) groups is 1. The fraction of sp³-hybridized carbons (Fsp3) is 0.364. The Morgan fingerprint density at radius 3 is 2.81 bits per heavy atom. The Kier molecular flexibility index (Phi) is 2.38. The van der Waals surface area contributed by atoms with E-state index in [2.05, 4.69) is 20.3 Å². The third-order valence-electron chi connectivity index (χ3n) is 2.04. The van der Waals surface area contributed by atoms with Crippen molar-refractivity contribution in [2.75, 3.05) is 0 Å². The van der Waals surface area contributed by atoms with Gasteiger partial charge in [0.15, 0.2) is 5.82 Å². The molecule has 0 spiro atoms. The molecule has 2 N–H and O–H groups in total.